The first kappa shape index (κ1) is 13.2. The van der Waals surface area contributed by atoms with E-state index in [2.05, 4.69) is 11.9 Å². The normalized spacial score (nSPS) is 12.5. The summed E-state index contributed by atoms with van der Waals surface area (Å²) in [5, 5.41) is 3.74. The Morgan fingerprint density at radius 1 is 1.56 bits per heavy atom. The fourth-order valence-corrected chi connectivity index (χ4v) is 1.84. The van der Waals surface area contributed by atoms with E-state index in [0.717, 1.165) is 12.1 Å². The van der Waals surface area contributed by atoms with E-state index in [0.29, 0.717) is 17.0 Å². The molecule has 0 fully saturated rings. The van der Waals surface area contributed by atoms with Crippen molar-refractivity contribution in [1.29, 1.82) is 0 Å². The van der Waals surface area contributed by atoms with Crippen LogP contribution in [-0.4, -0.2) is 12.6 Å². The van der Waals surface area contributed by atoms with Crippen molar-refractivity contribution < 1.29 is 4.39 Å². The predicted octanol–water partition coefficient (Wildman–Crippen LogP) is 3.58. The van der Waals surface area contributed by atoms with Crippen molar-refractivity contribution in [2.45, 2.75) is 26.3 Å². The molecule has 0 saturated carbocycles. The van der Waals surface area contributed by atoms with Crippen molar-refractivity contribution in [2.24, 2.45) is 0 Å². The molecule has 0 spiro atoms. The van der Waals surface area contributed by atoms with E-state index in [-0.39, 0.29) is 11.9 Å². The molecule has 0 aliphatic carbocycles. The maximum atomic E-state index is 13.6. The summed E-state index contributed by atoms with van der Waals surface area (Å²) >= 11 is 5.98. The summed E-state index contributed by atoms with van der Waals surface area (Å²) in [6, 6.07) is 4.83. The van der Waals surface area contributed by atoms with Crippen LogP contribution in [0.25, 0.3) is 0 Å². The van der Waals surface area contributed by atoms with Gasteiger partial charge in [0.1, 0.15) is 5.82 Å². The van der Waals surface area contributed by atoms with Gasteiger partial charge in [0, 0.05) is 16.6 Å². The lowest BCUT2D eigenvalue weighted by molar-refractivity contribution is 0.556. The topological polar surface area (TPSA) is 12.0 Å². The lowest BCUT2D eigenvalue weighted by atomic mass is 10.0. The van der Waals surface area contributed by atoms with Crippen molar-refractivity contribution >= 4 is 11.6 Å². The average Bonchev–Trinajstić information content (AvgIpc) is 2.21. The molecule has 1 unspecified atom stereocenters. The lowest BCUT2D eigenvalue weighted by Crippen LogP contribution is -2.32. The second-order valence-electron chi connectivity index (χ2n) is 3.86. The molecule has 3 heteroatoms. The van der Waals surface area contributed by atoms with E-state index in [9.17, 15) is 4.39 Å². The Morgan fingerprint density at radius 2 is 2.25 bits per heavy atom. The highest BCUT2D eigenvalue weighted by molar-refractivity contribution is 6.31. The lowest BCUT2D eigenvalue weighted by Gasteiger charge is -2.19. The molecule has 88 valence electrons. The van der Waals surface area contributed by atoms with Gasteiger partial charge in [0.05, 0.1) is 0 Å². The summed E-state index contributed by atoms with van der Waals surface area (Å²) < 4.78 is 13.6. The molecule has 1 rings (SSSR count). The molecule has 0 aromatic heterocycles. The summed E-state index contributed by atoms with van der Waals surface area (Å²) in [4.78, 5) is 0. The third-order valence-electron chi connectivity index (χ3n) is 2.52. The fraction of sp³-hybridized carbons (Fsp3) is 0.385. The average molecular weight is 242 g/mol. The van der Waals surface area contributed by atoms with Gasteiger partial charge in [-0.3, -0.25) is 0 Å². The summed E-state index contributed by atoms with van der Waals surface area (Å²) in [6.07, 6.45) is 0.536. The number of benzene rings is 1. The Hall–Kier alpha value is -0.860. The van der Waals surface area contributed by atoms with Gasteiger partial charge in [-0.2, -0.15) is 0 Å². The number of hydrogen-bond acceptors (Lipinski definition) is 1. The van der Waals surface area contributed by atoms with Gasteiger partial charge in [-0.25, -0.2) is 4.39 Å². The van der Waals surface area contributed by atoms with Crippen LogP contribution in [0.5, 0.6) is 0 Å². The highest BCUT2D eigenvalue weighted by atomic mass is 35.5. The summed E-state index contributed by atoms with van der Waals surface area (Å²) in [5.74, 6) is -0.253. The van der Waals surface area contributed by atoms with Gasteiger partial charge in [-0.1, -0.05) is 36.7 Å². The maximum Gasteiger partial charge on any atom is 0.127 e. The Bertz CT molecular complexity index is 356. The molecule has 0 amide bonds. The van der Waals surface area contributed by atoms with Gasteiger partial charge in [0.25, 0.3) is 0 Å². The fourth-order valence-electron chi connectivity index (χ4n) is 1.60. The zero-order chi connectivity index (χ0) is 12.1. The zero-order valence-corrected chi connectivity index (χ0v) is 10.4. The molecule has 1 aromatic carbocycles. The van der Waals surface area contributed by atoms with Crippen LogP contribution in [0.15, 0.2) is 30.4 Å². The Kier molecular flexibility index (Phi) is 4.97. The van der Waals surface area contributed by atoms with E-state index in [1.54, 1.807) is 12.1 Å². The molecule has 1 N–H and O–H groups in total. The third-order valence-corrected chi connectivity index (χ3v) is 2.87. The molecule has 1 nitrogen and oxygen atoms in total. The molecule has 1 aromatic rings. The van der Waals surface area contributed by atoms with Crippen LogP contribution in [0.4, 0.5) is 4.39 Å². The minimum absolute atomic E-state index is 0.0689. The Morgan fingerprint density at radius 3 is 2.75 bits per heavy atom. The van der Waals surface area contributed by atoms with E-state index < -0.39 is 0 Å². The van der Waals surface area contributed by atoms with E-state index in [1.807, 2.05) is 13.8 Å². The van der Waals surface area contributed by atoms with Crippen LogP contribution in [0.1, 0.15) is 19.4 Å². The van der Waals surface area contributed by atoms with Crippen molar-refractivity contribution in [2.75, 3.05) is 6.54 Å². The standard InChI is InChI=1S/C13H17ClFN/c1-4-16-13(9(2)3)8-10-11(14)6-5-7-12(10)15/h5-7,13,16H,2,4,8H2,1,3H3. The molecular formula is C13H17ClFN. The van der Waals surface area contributed by atoms with Gasteiger partial charge in [0.15, 0.2) is 0 Å². The van der Waals surface area contributed by atoms with E-state index in [1.165, 1.54) is 6.07 Å². The quantitative estimate of drug-likeness (QED) is 0.777. The Labute approximate surface area is 101 Å². The molecule has 0 radical (unpaired) electrons. The maximum absolute atomic E-state index is 13.6. The SMILES string of the molecule is C=C(C)C(Cc1c(F)cccc1Cl)NCC. The van der Waals surface area contributed by atoms with Crippen LogP contribution in [0.3, 0.4) is 0 Å². The second kappa shape index (κ2) is 6.02. The van der Waals surface area contributed by atoms with Crippen molar-refractivity contribution in [3.63, 3.8) is 0 Å². The van der Waals surface area contributed by atoms with Gasteiger partial charge >= 0.3 is 0 Å². The van der Waals surface area contributed by atoms with Crippen LogP contribution in [0, 0.1) is 5.82 Å². The first-order valence-corrected chi connectivity index (χ1v) is 5.75. The Balaban J connectivity index is 2.89. The van der Waals surface area contributed by atoms with Gasteiger partial charge in [-0.15, -0.1) is 0 Å². The number of halogens is 2. The van der Waals surface area contributed by atoms with Gasteiger partial charge in [-0.05, 0) is 32.0 Å². The first-order chi connectivity index (χ1) is 7.56. The number of rotatable bonds is 5. The van der Waals surface area contributed by atoms with Crippen molar-refractivity contribution in [3.05, 3.63) is 46.8 Å². The van der Waals surface area contributed by atoms with Crippen molar-refractivity contribution in [1.82, 2.24) is 5.32 Å². The highest BCUT2D eigenvalue weighted by Crippen LogP contribution is 2.21. The minimum Gasteiger partial charge on any atom is -0.310 e. The molecule has 0 bridgehead atoms. The summed E-state index contributed by atoms with van der Waals surface area (Å²) in [5.41, 5.74) is 1.54. The van der Waals surface area contributed by atoms with Crippen LogP contribution in [0.2, 0.25) is 5.02 Å². The molecule has 0 heterocycles. The van der Waals surface area contributed by atoms with Crippen molar-refractivity contribution in [3.8, 4) is 0 Å². The predicted molar refractivity (Wildman–Crippen MR) is 67.4 cm³/mol. The molecule has 0 aliphatic heterocycles. The molecule has 0 aliphatic rings. The monoisotopic (exact) mass is 241 g/mol. The first-order valence-electron chi connectivity index (χ1n) is 5.38. The number of likely N-dealkylation sites (N-methyl/N-ethyl adjacent to an activating group) is 1. The van der Waals surface area contributed by atoms with E-state index >= 15 is 0 Å². The summed E-state index contributed by atoms with van der Waals surface area (Å²) in [7, 11) is 0. The smallest absolute Gasteiger partial charge is 0.127 e. The molecule has 16 heavy (non-hydrogen) atoms. The van der Waals surface area contributed by atoms with Crippen LogP contribution in [-0.2, 0) is 6.42 Å². The van der Waals surface area contributed by atoms with Crippen LogP contribution < -0.4 is 5.32 Å². The second-order valence-corrected chi connectivity index (χ2v) is 4.27. The van der Waals surface area contributed by atoms with Gasteiger partial charge < -0.3 is 5.32 Å². The largest absolute Gasteiger partial charge is 0.310 e. The van der Waals surface area contributed by atoms with Crippen LogP contribution >= 0.6 is 11.6 Å². The minimum atomic E-state index is -0.253. The zero-order valence-electron chi connectivity index (χ0n) is 9.69. The van der Waals surface area contributed by atoms with E-state index in [4.69, 9.17) is 11.6 Å². The van der Waals surface area contributed by atoms with Gasteiger partial charge in [0.2, 0.25) is 0 Å². The summed E-state index contributed by atoms with van der Waals surface area (Å²) in [6.45, 7) is 8.67. The molecular weight excluding hydrogens is 225 g/mol. The number of nitrogens with one attached hydrogen (secondary N) is 1. The number of hydrogen-bond donors (Lipinski definition) is 1. The molecule has 0 saturated heterocycles. The molecule has 1 atom stereocenters. The third kappa shape index (κ3) is 3.32. The highest BCUT2D eigenvalue weighted by Gasteiger charge is 2.14.